The predicted octanol–water partition coefficient (Wildman–Crippen LogP) is 1.26. The minimum atomic E-state index is -0.0871. The average Bonchev–Trinajstić information content (AvgIpc) is 2.25. The highest BCUT2D eigenvalue weighted by molar-refractivity contribution is 9.10. The van der Waals surface area contributed by atoms with E-state index in [9.17, 15) is 4.79 Å². The summed E-state index contributed by atoms with van der Waals surface area (Å²) in [6, 6.07) is 3.58. The molecule has 1 rings (SSSR count). The molecule has 0 atom stereocenters. The molecule has 1 heterocycles. The van der Waals surface area contributed by atoms with Crippen LogP contribution in [0.25, 0.3) is 0 Å². The predicted molar refractivity (Wildman–Crippen MR) is 62.6 cm³/mol. The van der Waals surface area contributed by atoms with E-state index in [1.165, 1.54) is 0 Å². The molecule has 0 aliphatic rings. The van der Waals surface area contributed by atoms with Gasteiger partial charge in [-0.2, -0.15) is 0 Å². The first-order valence-electron chi connectivity index (χ1n) is 4.73. The highest BCUT2D eigenvalue weighted by Gasteiger charge is 2.14. The summed E-state index contributed by atoms with van der Waals surface area (Å²) in [5, 5.41) is 0. The van der Waals surface area contributed by atoms with Crippen molar-refractivity contribution in [3.63, 3.8) is 0 Å². The average molecular weight is 272 g/mol. The van der Waals surface area contributed by atoms with Gasteiger partial charge in [-0.15, -0.1) is 0 Å². The van der Waals surface area contributed by atoms with Gasteiger partial charge in [0.05, 0.1) is 0 Å². The number of amides is 1. The molecule has 4 nitrogen and oxygen atoms in total. The summed E-state index contributed by atoms with van der Waals surface area (Å²) in [5.41, 5.74) is 5.82. The van der Waals surface area contributed by atoms with Crippen molar-refractivity contribution in [1.82, 2.24) is 9.88 Å². The van der Waals surface area contributed by atoms with E-state index in [4.69, 9.17) is 5.73 Å². The van der Waals surface area contributed by atoms with Gasteiger partial charge in [-0.05, 0) is 41.0 Å². The lowest BCUT2D eigenvalue weighted by atomic mass is 10.3. The Morgan fingerprint density at radius 2 is 2.40 bits per heavy atom. The molecule has 0 fully saturated rings. The molecular weight excluding hydrogens is 258 g/mol. The Morgan fingerprint density at radius 1 is 1.67 bits per heavy atom. The lowest BCUT2D eigenvalue weighted by Gasteiger charge is -2.16. The Bertz CT molecular complexity index is 343. The summed E-state index contributed by atoms with van der Waals surface area (Å²) in [4.78, 5) is 17.5. The standard InChI is InChI=1S/C10H14BrN3O/c1-14(7-3-5-12)10(15)9-8(11)4-2-6-13-9/h2,4,6H,3,5,7,12H2,1H3. The van der Waals surface area contributed by atoms with Crippen LogP contribution in [0, 0.1) is 0 Å². The summed E-state index contributed by atoms with van der Waals surface area (Å²) in [5.74, 6) is -0.0871. The normalized spacial score (nSPS) is 10.1. The third-order valence-electron chi connectivity index (χ3n) is 2.01. The molecule has 0 spiro atoms. The topological polar surface area (TPSA) is 59.2 Å². The van der Waals surface area contributed by atoms with Crippen LogP contribution in [0.15, 0.2) is 22.8 Å². The maximum absolute atomic E-state index is 11.9. The van der Waals surface area contributed by atoms with Crippen LogP contribution >= 0.6 is 15.9 Å². The van der Waals surface area contributed by atoms with Crippen LogP contribution in [0.3, 0.4) is 0 Å². The van der Waals surface area contributed by atoms with Crippen molar-refractivity contribution in [2.24, 2.45) is 5.73 Å². The van der Waals surface area contributed by atoms with Gasteiger partial charge in [-0.3, -0.25) is 4.79 Å². The van der Waals surface area contributed by atoms with Gasteiger partial charge in [0.1, 0.15) is 5.69 Å². The van der Waals surface area contributed by atoms with Crippen LogP contribution in [0.5, 0.6) is 0 Å². The summed E-state index contributed by atoms with van der Waals surface area (Å²) in [6.07, 6.45) is 2.40. The second-order valence-electron chi connectivity index (χ2n) is 3.20. The summed E-state index contributed by atoms with van der Waals surface area (Å²) < 4.78 is 0.717. The molecule has 0 saturated heterocycles. The molecule has 0 aliphatic heterocycles. The first kappa shape index (κ1) is 12.1. The minimum Gasteiger partial charge on any atom is -0.340 e. The van der Waals surface area contributed by atoms with Crippen LogP contribution in [0.4, 0.5) is 0 Å². The van der Waals surface area contributed by atoms with Gasteiger partial charge >= 0.3 is 0 Å². The molecule has 1 aromatic rings. The van der Waals surface area contributed by atoms with Crippen LogP contribution < -0.4 is 5.73 Å². The smallest absolute Gasteiger partial charge is 0.273 e. The fourth-order valence-corrected chi connectivity index (χ4v) is 1.58. The van der Waals surface area contributed by atoms with Crippen LogP contribution in [-0.4, -0.2) is 35.9 Å². The Balaban J connectivity index is 2.72. The number of aromatic nitrogens is 1. The van der Waals surface area contributed by atoms with E-state index in [1.54, 1.807) is 30.3 Å². The van der Waals surface area contributed by atoms with Crippen molar-refractivity contribution in [2.75, 3.05) is 20.1 Å². The molecule has 82 valence electrons. The lowest BCUT2D eigenvalue weighted by Crippen LogP contribution is -2.29. The van der Waals surface area contributed by atoms with Gasteiger partial charge in [-0.1, -0.05) is 0 Å². The van der Waals surface area contributed by atoms with E-state index >= 15 is 0 Å². The fraction of sp³-hybridized carbons (Fsp3) is 0.400. The largest absolute Gasteiger partial charge is 0.340 e. The van der Waals surface area contributed by atoms with Crippen molar-refractivity contribution in [3.8, 4) is 0 Å². The molecule has 0 radical (unpaired) electrons. The third kappa shape index (κ3) is 3.28. The molecular formula is C10H14BrN3O. The van der Waals surface area contributed by atoms with Crippen molar-refractivity contribution < 1.29 is 4.79 Å². The molecule has 1 aromatic heterocycles. The monoisotopic (exact) mass is 271 g/mol. The van der Waals surface area contributed by atoms with E-state index in [1.807, 2.05) is 0 Å². The van der Waals surface area contributed by atoms with Crippen LogP contribution in [0.2, 0.25) is 0 Å². The third-order valence-corrected chi connectivity index (χ3v) is 2.65. The molecule has 0 aromatic carbocycles. The number of rotatable bonds is 4. The Labute approximate surface area is 97.6 Å². The Kier molecular flexibility index (Phi) is 4.71. The van der Waals surface area contributed by atoms with Gasteiger partial charge in [0.15, 0.2) is 0 Å². The van der Waals surface area contributed by atoms with Crippen LogP contribution in [-0.2, 0) is 0 Å². The molecule has 0 saturated carbocycles. The Morgan fingerprint density at radius 3 is 3.00 bits per heavy atom. The second kappa shape index (κ2) is 5.82. The van der Waals surface area contributed by atoms with Crippen molar-refractivity contribution >= 4 is 21.8 Å². The number of carbonyl (C=O) groups excluding carboxylic acids is 1. The van der Waals surface area contributed by atoms with E-state index in [0.29, 0.717) is 18.8 Å². The molecule has 2 N–H and O–H groups in total. The zero-order valence-electron chi connectivity index (χ0n) is 8.61. The van der Waals surface area contributed by atoms with E-state index in [-0.39, 0.29) is 5.91 Å². The number of hydrogen-bond donors (Lipinski definition) is 1. The van der Waals surface area contributed by atoms with Gasteiger partial charge < -0.3 is 10.6 Å². The van der Waals surface area contributed by atoms with Gasteiger partial charge in [0.25, 0.3) is 5.91 Å². The zero-order valence-corrected chi connectivity index (χ0v) is 10.2. The highest BCUT2D eigenvalue weighted by Crippen LogP contribution is 2.14. The molecule has 0 unspecified atom stereocenters. The maximum Gasteiger partial charge on any atom is 0.273 e. The molecule has 1 amide bonds. The molecule has 0 aliphatic carbocycles. The summed E-state index contributed by atoms with van der Waals surface area (Å²) in [7, 11) is 1.75. The SMILES string of the molecule is CN(CCCN)C(=O)c1ncccc1Br. The Hall–Kier alpha value is -0.940. The highest BCUT2D eigenvalue weighted by atomic mass is 79.9. The van der Waals surface area contributed by atoms with E-state index < -0.39 is 0 Å². The first-order chi connectivity index (χ1) is 7.16. The minimum absolute atomic E-state index is 0.0871. The van der Waals surface area contributed by atoms with Gasteiger partial charge in [0.2, 0.25) is 0 Å². The number of hydrogen-bond acceptors (Lipinski definition) is 3. The fourth-order valence-electron chi connectivity index (χ4n) is 1.15. The lowest BCUT2D eigenvalue weighted by molar-refractivity contribution is 0.0787. The first-order valence-corrected chi connectivity index (χ1v) is 5.52. The van der Waals surface area contributed by atoms with Crippen LogP contribution in [0.1, 0.15) is 16.9 Å². The number of pyridine rings is 1. The van der Waals surface area contributed by atoms with E-state index in [2.05, 4.69) is 20.9 Å². The van der Waals surface area contributed by atoms with Gasteiger partial charge in [-0.25, -0.2) is 4.98 Å². The second-order valence-corrected chi connectivity index (χ2v) is 4.06. The maximum atomic E-state index is 11.9. The summed E-state index contributed by atoms with van der Waals surface area (Å²) >= 11 is 3.30. The molecule has 5 heteroatoms. The number of nitrogens with zero attached hydrogens (tertiary/aromatic N) is 2. The number of nitrogens with two attached hydrogens (primary N) is 1. The quantitative estimate of drug-likeness (QED) is 0.897. The van der Waals surface area contributed by atoms with E-state index in [0.717, 1.165) is 10.9 Å². The van der Waals surface area contributed by atoms with Gasteiger partial charge in [0, 0.05) is 24.3 Å². The van der Waals surface area contributed by atoms with Crippen molar-refractivity contribution in [3.05, 3.63) is 28.5 Å². The number of halogens is 1. The zero-order chi connectivity index (χ0) is 11.3. The van der Waals surface area contributed by atoms with Crippen molar-refractivity contribution in [1.29, 1.82) is 0 Å². The molecule has 0 bridgehead atoms. The van der Waals surface area contributed by atoms with Crippen molar-refractivity contribution in [2.45, 2.75) is 6.42 Å². The molecule has 15 heavy (non-hydrogen) atoms. The summed E-state index contributed by atoms with van der Waals surface area (Å²) in [6.45, 7) is 1.24. The number of carbonyl (C=O) groups is 1.